The Bertz CT molecular complexity index is 1190. The van der Waals surface area contributed by atoms with Crippen molar-refractivity contribution < 1.29 is 4.42 Å². The molecule has 28 heavy (non-hydrogen) atoms. The smallest absolute Gasteiger partial charge is 0.261 e. The molecule has 0 atom stereocenters. The van der Waals surface area contributed by atoms with Crippen LogP contribution in [-0.2, 0) is 12.3 Å². The van der Waals surface area contributed by atoms with Gasteiger partial charge in [0.05, 0.1) is 29.5 Å². The first kappa shape index (κ1) is 17.2. The van der Waals surface area contributed by atoms with Gasteiger partial charge < -0.3 is 8.98 Å². The summed E-state index contributed by atoms with van der Waals surface area (Å²) in [7, 11) is 0. The monoisotopic (exact) mass is 393 g/mol. The Balaban J connectivity index is 1.53. The number of hydrogen-bond acceptors (Lipinski definition) is 6. The van der Waals surface area contributed by atoms with E-state index in [1.54, 1.807) is 22.6 Å². The second-order valence-corrected chi connectivity index (χ2v) is 7.88. The van der Waals surface area contributed by atoms with E-state index in [9.17, 15) is 4.79 Å². The maximum Gasteiger partial charge on any atom is 0.261 e. The van der Waals surface area contributed by atoms with Crippen LogP contribution in [0.4, 0.5) is 0 Å². The molecular formula is C20H19N5O2S. The number of furan rings is 1. The van der Waals surface area contributed by atoms with Gasteiger partial charge in [0.1, 0.15) is 17.4 Å². The second kappa shape index (κ2) is 6.94. The molecule has 3 aromatic heterocycles. The van der Waals surface area contributed by atoms with Crippen molar-refractivity contribution in [1.29, 1.82) is 0 Å². The van der Waals surface area contributed by atoms with Crippen LogP contribution in [0.2, 0.25) is 0 Å². The van der Waals surface area contributed by atoms with Crippen molar-refractivity contribution in [3.05, 3.63) is 70.4 Å². The van der Waals surface area contributed by atoms with E-state index in [-0.39, 0.29) is 5.56 Å². The minimum atomic E-state index is -0.0579. The molecule has 3 heterocycles. The van der Waals surface area contributed by atoms with Crippen LogP contribution >= 0.6 is 11.8 Å². The van der Waals surface area contributed by atoms with Crippen LogP contribution in [0, 0.1) is 6.92 Å². The third-order valence-corrected chi connectivity index (χ3v) is 5.85. The third-order valence-electron chi connectivity index (χ3n) is 4.91. The average Bonchev–Trinajstić information content (AvgIpc) is 3.27. The Morgan fingerprint density at radius 2 is 2.04 bits per heavy atom. The predicted molar refractivity (Wildman–Crippen MR) is 106 cm³/mol. The molecule has 0 bridgehead atoms. The van der Waals surface area contributed by atoms with Crippen LogP contribution in [0.3, 0.4) is 0 Å². The number of hydrogen-bond donors (Lipinski definition) is 0. The molecule has 8 heteroatoms. The molecule has 0 radical (unpaired) electrons. The summed E-state index contributed by atoms with van der Waals surface area (Å²) in [4.78, 5) is 17.9. The molecule has 7 nitrogen and oxygen atoms in total. The molecule has 0 saturated heterocycles. The zero-order chi connectivity index (χ0) is 19.1. The van der Waals surface area contributed by atoms with E-state index in [4.69, 9.17) is 9.40 Å². The lowest BCUT2D eigenvalue weighted by molar-refractivity contribution is 0.485. The van der Waals surface area contributed by atoms with Gasteiger partial charge in [0.2, 0.25) is 0 Å². The third kappa shape index (κ3) is 3.13. The minimum absolute atomic E-state index is 0.0579. The van der Waals surface area contributed by atoms with Crippen molar-refractivity contribution in [2.45, 2.75) is 43.3 Å². The van der Waals surface area contributed by atoms with Gasteiger partial charge in [-0.25, -0.2) is 4.98 Å². The lowest BCUT2D eigenvalue weighted by atomic mass is 10.2. The molecule has 1 aliphatic carbocycles. The van der Waals surface area contributed by atoms with Gasteiger partial charge in [-0.3, -0.25) is 9.36 Å². The summed E-state index contributed by atoms with van der Waals surface area (Å²) >= 11 is 1.57. The molecule has 4 aromatic rings. The van der Waals surface area contributed by atoms with Crippen molar-refractivity contribution in [2.75, 3.05) is 0 Å². The molecule has 5 rings (SSSR count). The van der Waals surface area contributed by atoms with Crippen LogP contribution in [0.1, 0.15) is 36.3 Å². The summed E-state index contributed by atoms with van der Waals surface area (Å²) < 4.78 is 9.35. The van der Waals surface area contributed by atoms with E-state index >= 15 is 0 Å². The van der Waals surface area contributed by atoms with Crippen LogP contribution in [0.5, 0.6) is 0 Å². The van der Waals surface area contributed by atoms with Crippen molar-refractivity contribution in [1.82, 2.24) is 24.3 Å². The Morgan fingerprint density at radius 1 is 1.18 bits per heavy atom. The molecule has 1 fully saturated rings. The van der Waals surface area contributed by atoms with Gasteiger partial charge >= 0.3 is 0 Å². The summed E-state index contributed by atoms with van der Waals surface area (Å²) in [5.41, 5.74) is 0.649. The number of fused-ring (bicyclic) bond motifs is 1. The maximum absolute atomic E-state index is 13.1. The Labute approximate surface area is 165 Å². The highest BCUT2D eigenvalue weighted by Crippen LogP contribution is 2.39. The topological polar surface area (TPSA) is 78.7 Å². The lowest BCUT2D eigenvalue weighted by Crippen LogP contribution is -2.25. The van der Waals surface area contributed by atoms with E-state index < -0.39 is 0 Å². The zero-order valence-electron chi connectivity index (χ0n) is 15.4. The van der Waals surface area contributed by atoms with Crippen LogP contribution < -0.4 is 5.56 Å². The van der Waals surface area contributed by atoms with Crippen molar-refractivity contribution in [3.63, 3.8) is 0 Å². The molecular weight excluding hydrogens is 374 g/mol. The van der Waals surface area contributed by atoms with Crippen molar-refractivity contribution in [2.24, 2.45) is 0 Å². The van der Waals surface area contributed by atoms with E-state index in [2.05, 4.69) is 14.8 Å². The fraction of sp³-hybridized carbons (Fsp3) is 0.300. The highest BCUT2D eigenvalue weighted by Gasteiger charge is 2.28. The molecule has 0 spiro atoms. The zero-order valence-corrected chi connectivity index (χ0v) is 16.2. The van der Waals surface area contributed by atoms with Gasteiger partial charge in [-0.15, -0.1) is 10.2 Å². The number of para-hydroxylation sites is 1. The van der Waals surface area contributed by atoms with Crippen molar-refractivity contribution >= 4 is 22.7 Å². The molecule has 0 N–H and O–H groups in total. The summed E-state index contributed by atoms with van der Waals surface area (Å²) in [6.07, 6.45) is 3.96. The van der Waals surface area contributed by atoms with Gasteiger partial charge in [0, 0.05) is 6.04 Å². The van der Waals surface area contributed by atoms with Gasteiger partial charge in [-0.05, 0) is 44.0 Å². The van der Waals surface area contributed by atoms with E-state index in [1.807, 2.05) is 43.3 Å². The SMILES string of the molecule is Cc1nnc(SCc2nc3ccccc3c(=O)n2Cc2ccco2)n1C1CC1. The van der Waals surface area contributed by atoms with Gasteiger partial charge in [0.15, 0.2) is 5.16 Å². The van der Waals surface area contributed by atoms with Crippen LogP contribution in [0.15, 0.2) is 57.0 Å². The van der Waals surface area contributed by atoms with Gasteiger partial charge in [0.25, 0.3) is 5.56 Å². The fourth-order valence-corrected chi connectivity index (χ4v) is 4.37. The number of aryl methyl sites for hydroxylation is 1. The number of thioether (sulfide) groups is 1. The Kier molecular flexibility index (Phi) is 4.27. The number of benzene rings is 1. The van der Waals surface area contributed by atoms with Gasteiger partial charge in [-0.2, -0.15) is 0 Å². The molecule has 1 aliphatic rings. The minimum Gasteiger partial charge on any atom is -0.467 e. The highest BCUT2D eigenvalue weighted by atomic mass is 32.2. The molecule has 0 amide bonds. The molecule has 0 unspecified atom stereocenters. The second-order valence-electron chi connectivity index (χ2n) is 6.94. The summed E-state index contributed by atoms with van der Waals surface area (Å²) in [6.45, 7) is 2.34. The number of nitrogens with zero attached hydrogens (tertiary/aromatic N) is 5. The summed E-state index contributed by atoms with van der Waals surface area (Å²) in [5, 5.41) is 10.0. The fourth-order valence-electron chi connectivity index (χ4n) is 3.38. The first-order valence-electron chi connectivity index (χ1n) is 9.26. The first-order chi connectivity index (χ1) is 13.7. The van der Waals surface area contributed by atoms with Gasteiger partial charge in [-0.1, -0.05) is 23.9 Å². The highest BCUT2D eigenvalue weighted by molar-refractivity contribution is 7.98. The standard InChI is InChI=1S/C20H19N5O2S/c1-13-22-23-20(25(13)14-8-9-14)28-12-18-21-17-7-3-2-6-16(17)19(26)24(18)11-15-5-4-10-27-15/h2-7,10,14H,8-9,11-12H2,1H3. The van der Waals surface area contributed by atoms with E-state index in [0.717, 1.165) is 16.7 Å². The number of aromatic nitrogens is 5. The molecule has 1 saturated carbocycles. The molecule has 0 aliphatic heterocycles. The van der Waals surface area contributed by atoms with Crippen LogP contribution in [-0.4, -0.2) is 24.3 Å². The average molecular weight is 393 g/mol. The first-order valence-corrected chi connectivity index (χ1v) is 10.2. The quantitative estimate of drug-likeness (QED) is 0.466. The summed E-state index contributed by atoms with van der Waals surface area (Å²) in [6, 6.07) is 11.6. The number of rotatable bonds is 6. The Hall–Kier alpha value is -2.87. The maximum atomic E-state index is 13.1. The largest absolute Gasteiger partial charge is 0.467 e. The predicted octanol–water partition coefficient (Wildman–Crippen LogP) is 3.56. The summed E-state index contributed by atoms with van der Waals surface area (Å²) in [5.74, 6) is 2.89. The molecule has 142 valence electrons. The van der Waals surface area contributed by atoms with Crippen LogP contribution in [0.25, 0.3) is 10.9 Å². The van der Waals surface area contributed by atoms with E-state index in [1.165, 1.54) is 12.8 Å². The van der Waals surface area contributed by atoms with E-state index in [0.29, 0.717) is 35.1 Å². The lowest BCUT2D eigenvalue weighted by Gasteiger charge is -2.13. The van der Waals surface area contributed by atoms with Crippen molar-refractivity contribution in [3.8, 4) is 0 Å². The Morgan fingerprint density at radius 3 is 2.82 bits per heavy atom. The molecule has 1 aromatic carbocycles. The normalized spacial score (nSPS) is 14.0.